The van der Waals surface area contributed by atoms with Crippen molar-refractivity contribution in [1.82, 2.24) is 24.5 Å². The lowest BCUT2D eigenvalue weighted by atomic mass is 10.1. The topological polar surface area (TPSA) is 56.0 Å². The number of rotatable bonds is 5. The molecule has 0 bridgehead atoms. The molecule has 1 atom stereocenters. The van der Waals surface area contributed by atoms with Crippen LogP contribution in [-0.4, -0.2) is 37.4 Å². The van der Waals surface area contributed by atoms with Crippen molar-refractivity contribution < 1.29 is 18.0 Å². The molecule has 0 saturated carbocycles. The zero-order valence-corrected chi connectivity index (χ0v) is 17.2. The van der Waals surface area contributed by atoms with Gasteiger partial charge in [0.25, 0.3) is 0 Å². The summed E-state index contributed by atoms with van der Waals surface area (Å²) in [5.41, 5.74) is 0.246. The molecular weight excluding hydrogens is 418 g/mol. The molecule has 3 rings (SSSR count). The first-order valence-corrected chi connectivity index (χ1v) is 9.61. The van der Waals surface area contributed by atoms with Crippen molar-refractivity contribution in [2.75, 3.05) is 7.05 Å². The maximum atomic E-state index is 13.3. The van der Waals surface area contributed by atoms with Crippen LogP contribution in [-0.2, 0) is 37.4 Å². The zero-order valence-electron chi connectivity index (χ0n) is 15.6. The van der Waals surface area contributed by atoms with Gasteiger partial charge in [-0.3, -0.25) is 14.2 Å². The molecule has 0 N–H and O–H groups in total. The summed E-state index contributed by atoms with van der Waals surface area (Å²) in [5.74, 6) is -0.355. The van der Waals surface area contributed by atoms with Crippen LogP contribution in [0.1, 0.15) is 48.5 Å². The third-order valence-electron chi connectivity index (χ3n) is 4.95. The minimum atomic E-state index is -4.54. The number of carbonyl (C=O) groups is 1. The first-order chi connectivity index (χ1) is 13.1. The number of hydrogen-bond donors (Lipinski definition) is 0. The molecule has 0 fully saturated rings. The van der Waals surface area contributed by atoms with Crippen LogP contribution in [0, 0.1) is 0 Å². The van der Waals surface area contributed by atoms with Gasteiger partial charge >= 0.3 is 6.18 Å². The van der Waals surface area contributed by atoms with Gasteiger partial charge in [-0.1, -0.05) is 30.1 Å². The molecule has 154 valence electrons. The maximum Gasteiger partial charge on any atom is 0.435 e. The van der Waals surface area contributed by atoms with Gasteiger partial charge < -0.3 is 4.90 Å². The van der Waals surface area contributed by atoms with E-state index in [0.717, 1.165) is 0 Å². The number of likely N-dealkylation sites (N-methyl/N-ethyl adjacent to an activating group) is 1. The highest BCUT2D eigenvalue weighted by atomic mass is 35.5. The number of aromatic nitrogens is 4. The lowest BCUT2D eigenvalue weighted by Gasteiger charge is -2.24. The average molecular weight is 438 g/mol. The molecule has 0 unspecified atom stereocenters. The lowest BCUT2D eigenvalue weighted by molar-refractivity contribution is -0.143. The highest BCUT2D eigenvalue weighted by molar-refractivity contribution is 6.41. The van der Waals surface area contributed by atoms with Gasteiger partial charge in [0.1, 0.15) is 21.9 Å². The van der Waals surface area contributed by atoms with Crippen molar-refractivity contribution in [2.24, 2.45) is 7.05 Å². The van der Waals surface area contributed by atoms with Crippen LogP contribution in [0.5, 0.6) is 0 Å². The van der Waals surface area contributed by atoms with Gasteiger partial charge in [-0.25, -0.2) is 0 Å². The van der Waals surface area contributed by atoms with Crippen molar-refractivity contribution >= 4 is 29.1 Å². The Morgan fingerprint density at radius 1 is 1.29 bits per heavy atom. The SMILES string of the molecule is CC[C@@H](C(=O)N(C)Cc1nn(C)c(Cl)c1Cl)n1nc(C(F)(F)F)c2c1CCC2. The van der Waals surface area contributed by atoms with E-state index in [-0.39, 0.29) is 28.2 Å². The minimum Gasteiger partial charge on any atom is -0.338 e. The number of amides is 1. The second-order valence-electron chi connectivity index (χ2n) is 6.86. The smallest absolute Gasteiger partial charge is 0.338 e. The summed E-state index contributed by atoms with van der Waals surface area (Å²) in [5, 5.41) is 8.47. The molecule has 0 aromatic carbocycles. The van der Waals surface area contributed by atoms with E-state index < -0.39 is 17.9 Å². The van der Waals surface area contributed by atoms with Crippen molar-refractivity contribution in [3.8, 4) is 0 Å². The van der Waals surface area contributed by atoms with Crippen LogP contribution in [0.2, 0.25) is 10.2 Å². The quantitative estimate of drug-likeness (QED) is 0.708. The molecule has 0 aliphatic heterocycles. The summed E-state index contributed by atoms with van der Waals surface area (Å²) in [6.45, 7) is 1.83. The first kappa shape index (κ1) is 21.0. The molecule has 11 heteroatoms. The molecule has 6 nitrogen and oxygen atoms in total. The summed E-state index contributed by atoms with van der Waals surface area (Å²) < 4.78 is 42.7. The zero-order chi connectivity index (χ0) is 20.8. The highest BCUT2D eigenvalue weighted by Gasteiger charge is 2.41. The monoisotopic (exact) mass is 437 g/mol. The minimum absolute atomic E-state index is 0.0876. The van der Waals surface area contributed by atoms with Crippen molar-refractivity contribution in [1.29, 1.82) is 0 Å². The molecule has 1 aliphatic rings. The van der Waals surface area contributed by atoms with Gasteiger partial charge in [-0.2, -0.15) is 23.4 Å². The number of carbonyl (C=O) groups excluding carboxylic acids is 1. The number of alkyl halides is 3. The average Bonchev–Trinajstić information content (AvgIpc) is 3.28. The third kappa shape index (κ3) is 3.61. The number of nitrogens with zero attached hydrogens (tertiary/aromatic N) is 5. The Hall–Kier alpha value is -1.74. The van der Waals surface area contributed by atoms with Crippen molar-refractivity contribution in [3.05, 3.63) is 32.8 Å². The molecule has 28 heavy (non-hydrogen) atoms. The fraction of sp³-hybridized carbons (Fsp3) is 0.588. The van der Waals surface area contributed by atoms with E-state index in [1.165, 1.54) is 14.3 Å². The standard InChI is InChI=1S/C17H20Cl2F3N5O/c1-4-11(16(28)25(2)8-10-13(18)15(19)26(3)23-10)27-12-7-5-6-9(12)14(24-27)17(20,21)22/h11H,4-8H2,1-3H3/t11-/m0/s1. The molecular formula is C17H20Cl2F3N5O. The number of halogens is 5. The third-order valence-corrected chi connectivity index (χ3v) is 5.87. The first-order valence-electron chi connectivity index (χ1n) is 8.85. The predicted molar refractivity (Wildman–Crippen MR) is 98.3 cm³/mol. The van der Waals surface area contributed by atoms with E-state index in [1.807, 2.05) is 0 Å². The van der Waals surface area contributed by atoms with Gasteiger partial charge in [0, 0.05) is 25.4 Å². The second kappa shape index (κ2) is 7.59. The van der Waals surface area contributed by atoms with E-state index in [9.17, 15) is 18.0 Å². The van der Waals surface area contributed by atoms with E-state index in [0.29, 0.717) is 37.1 Å². The van der Waals surface area contributed by atoms with Crippen LogP contribution in [0.4, 0.5) is 13.2 Å². The molecule has 2 aromatic heterocycles. The fourth-order valence-electron chi connectivity index (χ4n) is 3.59. The number of fused-ring (bicyclic) bond motifs is 1. The Morgan fingerprint density at radius 3 is 2.50 bits per heavy atom. The molecule has 0 radical (unpaired) electrons. The van der Waals surface area contributed by atoms with Gasteiger partial charge in [-0.15, -0.1) is 0 Å². The predicted octanol–water partition coefficient (Wildman–Crippen LogP) is 4.04. The van der Waals surface area contributed by atoms with Crippen molar-refractivity contribution in [2.45, 2.75) is 51.4 Å². The highest BCUT2D eigenvalue weighted by Crippen LogP contribution is 2.38. The Balaban J connectivity index is 1.89. The van der Waals surface area contributed by atoms with Gasteiger partial charge in [0.05, 0.1) is 6.54 Å². The van der Waals surface area contributed by atoms with Crippen LogP contribution in [0.3, 0.4) is 0 Å². The normalized spacial score (nSPS) is 15.0. The molecule has 1 aliphatic carbocycles. The van der Waals surface area contributed by atoms with Crippen LogP contribution in [0.25, 0.3) is 0 Å². The van der Waals surface area contributed by atoms with Crippen molar-refractivity contribution in [3.63, 3.8) is 0 Å². The van der Waals surface area contributed by atoms with Crippen LogP contribution in [0.15, 0.2) is 0 Å². The molecule has 0 saturated heterocycles. The molecule has 2 heterocycles. The summed E-state index contributed by atoms with van der Waals surface area (Å²) in [4.78, 5) is 14.4. The van der Waals surface area contributed by atoms with Gasteiger partial charge in [0.2, 0.25) is 5.91 Å². The largest absolute Gasteiger partial charge is 0.435 e. The Labute approximate surface area is 170 Å². The molecule has 1 amide bonds. The van der Waals surface area contributed by atoms with E-state index in [1.54, 1.807) is 21.0 Å². The number of aryl methyl sites for hydroxylation is 1. The molecule has 0 spiro atoms. The Bertz CT molecular complexity index is 906. The summed E-state index contributed by atoms with van der Waals surface area (Å²) in [7, 11) is 3.18. The Kier molecular flexibility index (Phi) is 5.69. The van der Waals surface area contributed by atoms with E-state index in [2.05, 4.69) is 10.2 Å². The summed E-state index contributed by atoms with van der Waals surface area (Å²) >= 11 is 12.1. The second-order valence-corrected chi connectivity index (χ2v) is 7.60. The maximum absolute atomic E-state index is 13.3. The number of hydrogen-bond acceptors (Lipinski definition) is 3. The van der Waals surface area contributed by atoms with E-state index >= 15 is 0 Å². The summed E-state index contributed by atoms with van der Waals surface area (Å²) in [6, 6.07) is -0.828. The lowest BCUT2D eigenvalue weighted by Crippen LogP contribution is -2.35. The van der Waals surface area contributed by atoms with Crippen LogP contribution < -0.4 is 0 Å². The fourth-order valence-corrected chi connectivity index (χ4v) is 3.96. The Morgan fingerprint density at radius 2 is 1.96 bits per heavy atom. The van der Waals surface area contributed by atoms with Crippen LogP contribution >= 0.6 is 23.2 Å². The van der Waals surface area contributed by atoms with Gasteiger partial charge in [-0.05, 0) is 25.7 Å². The molecule has 2 aromatic rings. The van der Waals surface area contributed by atoms with E-state index in [4.69, 9.17) is 23.2 Å². The van der Waals surface area contributed by atoms with Gasteiger partial charge in [0.15, 0.2) is 5.69 Å². The summed E-state index contributed by atoms with van der Waals surface area (Å²) in [6.07, 6.45) is -2.80.